The number of hydrogen-bond donors (Lipinski definition) is 5. The summed E-state index contributed by atoms with van der Waals surface area (Å²) >= 11 is 6.49. The molecule has 0 aliphatic carbocycles. The SMILES string of the molecule is CNS(=O)(=O)c1cccc(-c2csc(NC(=S)Nc3ccc(C(=O)O)c(O)c3)n2)c1. The second-order valence-electron chi connectivity index (χ2n) is 5.89. The van der Waals surface area contributed by atoms with Crippen LogP contribution in [0, 0.1) is 0 Å². The normalized spacial score (nSPS) is 11.1. The first-order valence-electron chi connectivity index (χ1n) is 8.33. The number of thiazole rings is 1. The van der Waals surface area contributed by atoms with E-state index in [2.05, 4.69) is 20.3 Å². The van der Waals surface area contributed by atoms with E-state index in [9.17, 15) is 18.3 Å². The number of carboxylic acids is 1. The third-order valence-electron chi connectivity index (χ3n) is 3.92. The number of phenols is 1. The third-order valence-corrected chi connectivity index (χ3v) is 6.29. The quantitative estimate of drug-likeness (QED) is 0.348. The van der Waals surface area contributed by atoms with Gasteiger partial charge in [-0.05, 0) is 43.5 Å². The number of nitrogens with zero attached hydrogens (tertiary/aromatic N) is 1. The highest BCUT2D eigenvalue weighted by atomic mass is 32.2. The predicted molar refractivity (Wildman–Crippen MR) is 119 cm³/mol. The highest BCUT2D eigenvalue weighted by molar-refractivity contribution is 7.89. The summed E-state index contributed by atoms with van der Waals surface area (Å²) in [5.41, 5.74) is 1.38. The molecule has 0 unspecified atom stereocenters. The van der Waals surface area contributed by atoms with Crippen molar-refractivity contribution in [2.24, 2.45) is 0 Å². The molecule has 0 radical (unpaired) electrons. The minimum Gasteiger partial charge on any atom is -0.507 e. The van der Waals surface area contributed by atoms with Crippen LogP contribution in [0.15, 0.2) is 52.7 Å². The Morgan fingerprint density at radius 1 is 1.17 bits per heavy atom. The molecule has 5 N–H and O–H groups in total. The molecular formula is C18H16N4O5S3. The van der Waals surface area contributed by atoms with Gasteiger partial charge in [-0.2, -0.15) is 0 Å². The van der Waals surface area contributed by atoms with Gasteiger partial charge in [-0.15, -0.1) is 11.3 Å². The lowest BCUT2D eigenvalue weighted by atomic mass is 10.2. The molecule has 0 fully saturated rings. The zero-order valence-corrected chi connectivity index (χ0v) is 17.9. The molecule has 12 heteroatoms. The lowest BCUT2D eigenvalue weighted by Crippen LogP contribution is -2.19. The highest BCUT2D eigenvalue weighted by Crippen LogP contribution is 2.27. The summed E-state index contributed by atoms with van der Waals surface area (Å²) in [5, 5.41) is 26.8. The van der Waals surface area contributed by atoms with E-state index >= 15 is 0 Å². The number of carboxylic acid groups (broad SMARTS) is 1. The van der Waals surface area contributed by atoms with Crippen molar-refractivity contribution in [2.45, 2.75) is 4.90 Å². The number of hydrogen-bond acceptors (Lipinski definition) is 7. The highest BCUT2D eigenvalue weighted by Gasteiger charge is 2.14. The predicted octanol–water partition coefficient (Wildman–Crippen LogP) is 2.93. The van der Waals surface area contributed by atoms with E-state index in [0.717, 1.165) is 0 Å². The number of benzene rings is 2. The van der Waals surface area contributed by atoms with Crippen molar-refractivity contribution in [2.75, 3.05) is 17.7 Å². The van der Waals surface area contributed by atoms with Crippen LogP contribution in [0.5, 0.6) is 5.75 Å². The average molecular weight is 465 g/mol. The summed E-state index contributed by atoms with van der Waals surface area (Å²) < 4.78 is 26.2. The Morgan fingerprint density at radius 3 is 2.60 bits per heavy atom. The van der Waals surface area contributed by atoms with E-state index in [4.69, 9.17) is 17.3 Å². The monoisotopic (exact) mass is 464 g/mol. The number of thiocarbonyl (C=S) groups is 1. The maximum Gasteiger partial charge on any atom is 0.339 e. The van der Waals surface area contributed by atoms with E-state index in [0.29, 0.717) is 22.1 Å². The fourth-order valence-electron chi connectivity index (χ4n) is 2.45. The van der Waals surface area contributed by atoms with Crippen molar-refractivity contribution in [1.82, 2.24) is 9.71 Å². The summed E-state index contributed by atoms with van der Waals surface area (Å²) in [6, 6.07) is 10.4. The van der Waals surface area contributed by atoms with Crippen LogP contribution in [0.2, 0.25) is 0 Å². The van der Waals surface area contributed by atoms with Crippen LogP contribution in [0.25, 0.3) is 11.3 Å². The molecular weight excluding hydrogens is 448 g/mol. The van der Waals surface area contributed by atoms with Gasteiger partial charge in [-0.25, -0.2) is 22.9 Å². The van der Waals surface area contributed by atoms with Crippen LogP contribution in [-0.2, 0) is 10.0 Å². The standard InChI is InChI=1S/C18H16N4O5S3/c1-19-30(26,27)12-4-2-3-10(7-12)14-9-29-18(21-14)22-17(28)20-11-5-6-13(16(24)25)15(23)8-11/h2-9,19,23H,1H3,(H,24,25)(H2,20,21,22,28). The van der Waals surface area contributed by atoms with Crippen LogP contribution in [0.1, 0.15) is 10.4 Å². The first-order valence-corrected chi connectivity index (χ1v) is 11.1. The third kappa shape index (κ3) is 4.91. The van der Waals surface area contributed by atoms with Crippen LogP contribution >= 0.6 is 23.6 Å². The number of aromatic hydroxyl groups is 1. The molecule has 3 rings (SSSR count). The smallest absolute Gasteiger partial charge is 0.339 e. The Labute approximate surface area is 181 Å². The minimum atomic E-state index is -3.57. The van der Waals surface area contributed by atoms with Crippen molar-refractivity contribution in [3.05, 3.63) is 53.4 Å². The van der Waals surface area contributed by atoms with Crippen LogP contribution in [-0.4, -0.2) is 41.7 Å². The molecule has 0 atom stereocenters. The molecule has 0 saturated heterocycles. The zero-order valence-electron chi connectivity index (χ0n) is 15.4. The number of aromatic nitrogens is 1. The molecule has 0 bridgehead atoms. The number of carbonyl (C=O) groups is 1. The molecule has 1 heterocycles. The van der Waals surface area contributed by atoms with Gasteiger partial charge in [0.25, 0.3) is 0 Å². The second kappa shape index (κ2) is 8.75. The van der Waals surface area contributed by atoms with Crippen molar-refractivity contribution in [3.8, 4) is 17.0 Å². The topological polar surface area (TPSA) is 141 Å². The number of sulfonamides is 1. The molecule has 0 spiro atoms. The van der Waals surface area contributed by atoms with Crippen LogP contribution in [0.3, 0.4) is 0 Å². The van der Waals surface area contributed by atoms with E-state index in [1.807, 2.05) is 0 Å². The first-order chi connectivity index (χ1) is 14.2. The second-order valence-corrected chi connectivity index (χ2v) is 9.04. The van der Waals surface area contributed by atoms with Gasteiger partial charge in [0.2, 0.25) is 10.0 Å². The van der Waals surface area contributed by atoms with E-state index in [1.54, 1.807) is 17.5 Å². The van der Waals surface area contributed by atoms with Crippen molar-refractivity contribution < 1.29 is 23.4 Å². The summed E-state index contributed by atoms with van der Waals surface area (Å²) in [5.74, 6) is -1.62. The fraction of sp³-hybridized carbons (Fsp3) is 0.0556. The van der Waals surface area contributed by atoms with E-state index in [1.165, 1.54) is 48.7 Å². The molecule has 2 aromatic carbocycles. The van der Waals surface area contributed by atoms with E-state index < -0.39 is 16.0 Å². The number of anilines is 2. The molecule has 0 amide bonds. The summed E-state index contributed by atoms with van der Waals surface area (Å²) in [6.07, 6.45) is 0. The van der Waals surface area contributed by atoms with Gasteiger partial charge in [0.1, 0.15) is 11.3 Å². The van der Waals surface area contributed by atoms with Gasteiger partial charge in [-0.1, -0.05) is 12.1 Å². The summed E-state index contributed by atoms with van der Waals surface area (Å²) in [7, 11) is -2.22. The fourth-order valence-corrected chi connectivity index (χ4v) is 4.23. The van der Waals surface area contributed by atoms with E-state index in [-0.39, 0.29) is 21.3 Å². The molecule has 30 heavy (non-hydrogen) atoms. The minimum absolute atomic E-state index is 0.131. The van der Waals surface area contributed by atoms with Gasteiger partial charge in [-0.3, -0.25) is 0 Å². The summed E-state index contributed by atoms with van der Waals surface area (Å²) in [4.78, 5) is 15.5. The van der Waals surface area contributed by atoms with Gasteiger partial charge in [0.05, 0.1) is 10.6 Å². The molecule has 3 aromatic rings. The number of nitrogens with one attached hydrogen (secondary N) is 3. The molecule has 0 aliphatic rings. The van der Waals surface area contributed by atoms with Gasteiger partial charge >= 0.3 is 5.97 Å². The first kappa shape index (κ1) is 21.6. The zero-order chi connectivity index (χ0) is 21.9. The van der Waals surface area contributed by atoms with Gasteiger partial charge in [0.15, 0.2) is 10.2 Å². The Kier molecular flexibility index (Phi) is 6.31. The maximum atomic E-state index is 12.0. The molecule has 156 valence electrons. The number of aromatic carboxylic acids is 1. The largest absolute Gasteiger partial charge is 0.507 e. The van der Waals surface area contributed by atoms with Crippen LogP contribution < -0.4 is 15.4 Å². The Balaban J connectivity index is 1.71. The maximum absolute atomic E-state index is 12.0. The summed E-state index contributed by atoms with van der Waals surface area (Å²) in [6.45, 7) is 0. The van der Waals surface area contributed by atoms with Crippen molar-refractivity contribution >= 4 is 55.5 Å². The average Bonchev–Trinajstić information content (AvgIpc) is 3.16. The Bertz CT molecular complexity index is 1220. The van der Waals surface area contributed by atoms with Crippen LogP contribution in [0.4, 0.5) is 10.8 Å². The lowest BCUT2D eigenvalue weighted by molar-refractivity contribution is 0.0693. The van der Waals surface area contributed by atoms with Gasteiger partial charge < -0.3 is 20.8 Å². The number of rotatable bonds is 6. The Hall–Kier alpha value is -3.06. The molecule has 9 nitrogen and oxygen atoms in total. The van der Waals surface area contributed by atoms with Crippen molar-refractivity contribution in [1.29, 1.82) is 0 Å². The molecule has 1 aromatic heterocycles. The lowest BCUT2D eigenvalue weighted by Gasteiger charge is -2.09. The Morgan fingerprint density at radius 2 is 1.93 bits per heavy atom. The molecule has 0 saturated carbocycles. The van der Waals surface area contributed by atoms with Gasteiger partial charge in [0, 0.05) is 22.7 Å². The molecule has 0 aliphatic heterocycles. The van der Waals surface area contributed by atoms with Crippen molar-refractivity contribution in [3.63, 3.8) is 0 Å².